The average molecular weight is 249 g/mol. The SMILES string of the molecule is CCCCCCCC(C)Nc1ccc(OC)cc1. The molecule has 0 radical (unpaired) electrons. The van der Waals surface area contributed by atoms with Crippen molar-refractivity contribution >= 4 is 5.69 Å². The maximum Gasteiger partial charge on any atom is 0.119 e. The lowest BCUT2D eigenvalue weighted by Crippen LogP contribution is -2.14. The van der Waals surface area contributed by atoms with Gasteiger partial charge in [-0.3, -0.25) is 0 Å². The minimum absolute atomic E-state index is 0.542. The van der Waals surface area contributed by atoms with Crippen molar-refractivity contribution in [1.82, 2.24) is 0 Å². The van der Waals surface area contributed by atoms with E-state index in [1.807, 2.05) is 12.1 Å². The Morgan fingerprint density at radius 3 is 2.33 bits per heavy atom. The van der Waals surface area contributed by atoms with E-state index in [4.69, 9.17) is 4.74 Å². The summed E-state index contributed by atoms with van der Waals surface area (Å²) in [4.78, 5) is 0. The predicted molar refractivity (Wildman–Crippen MR) is 79.5 cm³/mol. The zero-order valence-corrected chi connectivity index (χ0v) is 12.0. The van der Waals surface area contributed by atoms with Crippen molar-refractivity contribution in [3.8, 4) is 5.75 Å². The van der Waals surface area contributed by atoms with E-state index in [0.29, 0.717) is 6.04 Å². The molecule has 0 spiro atoms. The van der Waals surface area contributed by atoms with E-state index in [1.165, 1.54) is 44.2 Å². The van der Waals surface area contributed by atoms with Gasteiger partial charge in [0.2, 0.25) is 0 Å². The number of anilines is 1. The minimum Gasteiger partial charge on any atom is -0.497 e. The molecule has 0 aliphatic carbocycles. The predicted octanol–water partition coefficient (Wildman–Crippen LogP) is 4.86. The Balaban J connectivity index is 2.20. The summed E-state index contributed by atoms with van der Waals surface area (Å²) in [5.74, 6) is 0.910. The van der Waals surface area contributed by atoms with Gasteiger partial charge in [-0.15, -0.1) is 0 Å². The number of ether oxygens (including phenoxy) is 1. The van der Waals surface area contributed by atoms with Gasteiger partial charge in [0.05, 0.1) is 7.11 Å². The Hall–Kier alpha value is -1.18. The van der Waals surface area contributed by atoms with Crippen LogP contribution in [0.1, 0.15) is 52.4 Å². The second kappa shape index (κ2) is 8.84. The van der Waals surface area contributed by atoms with Crippen LogP contribution in [0.15, 0.2) is 24.3 Å². The van der Waals surface area contributed by atoms with E-state index in [9.17, 15) is 0 Å². The average Bonchev–Trinajstić information content (AvgIpc) is 2.39. The summed E-state index contributed by atoms with van der Waals surface area (Å²) >= 11 is 0. The minimum atomic E-state index is 0.542. The molecule has 0 saturated heterocycles. The molecular formula is C16H27NO. The van der Waals surface area contributed by atoms with Crippen LogP contribution in [0.2, 0.25) is 0 Å². The van der Waals surface area contributed by atoms with Crippen LogP contribution in [0.3, 0.4) is 0 Å². The Kier molecular flexibility index (Phi) is 7.31. The van der Waals surface area contributed by atoms with E-state index in [0.717, 1.165) is 5.75 Å². The molecule has 1 atom stereocenters. The van der Waals surface area contributed by atoms with Crippen LogP contribution in [0, 0.1) is 0 Å². The molecule has 1 aromatic rings. The van der Waals surface area contributed by atoms with Gasteiger partial charge in [0.1, 0.15) is 5.75 Å². The standard InChI is InChI=1S/C16H27NO/c1-4-5-6-7-8-9-14(2)17-15-10-12-16(18-3)13-11-15/h10-14,17H,4-9H2,1-3H3. The first-order valence-electron chi connectivity index (χ1n) is 7.17. The molecule has 0 aliphatic rings. The van der Waals surface area contributed by atoms with Gasteiger partial charge in [0.25, 0.3) is 0 Å². The monoisotopic (exact) mass is 249 g/mol. The van der Waals surface area contributed by atoms with Gasteiger partial charge in [-0.25, -0.2) is 0 Å². The summed E-state index contributed by atoms with van der Waals surface area (Å²) in [6.07, 6.45) is 8.01. The molecule has 102 valence electrons. The van der Waals surface area contributed by atoms with Crippen LogP contribution < -0.4 is 10.1 Å². The summed E-state index contributed by atoms with van der Waals surface area (Å²) in [6, 6.07) is 8.69. The quantitative estimate of drug-likeness (QED) is 0.631. The third-order valence-corrected chi connectivity index (χ3v) is 3.24. The lowest BCUT2D eigenvalue weighted by Gasteiger charge is -2.15. The van der Waals surface area contributed by atoms with Crippen LogP contribution in [0.4, 0.5) is 5.69 Å². The highest BCUT2D eigenvalue weighted by Crippen LogP contribution is 2.17. The van der Waals surface area contributed by atoms with Crippen LogP contribution in [-0.2, 0) is 0 Å². The molecular weight excluding hydrogens is 222 g/mol. The largest absolute Gasteiger partial charge is 0.497 e. The fraction of sp³-hybridized carbons (Fsp3) is 0.625. The third-order valence-electron chi connectivity index (χ3n) is 3.24. The molecule has 0 heterocycles. The maximum atomic E-state index is 5.15. The second-order valence-electron chi connectivity index (χ2n) is 4.98. The zero-order chi connectivity index (χ0) is 13.2. The van der Waals surface area contributed by atoms with Crippen molar-refractivity contribution < 1.29 is 4.74 Å². The van der Waals surface area contributed by atoms with E-state index >= 15 is 0 Å². The first-order chi connectivity index (χ1) is 8.76. The smallest absolute Gasteiger partial charge is 0.119 e. The summed E-state index contributed by atoms with van der Waals surface area (Å²) < 4.78 is 5.15. The number of unbranched alkanes of at least 4 members (excludes halogenated alkanes) is 4. The summed E-state index contributed by atoms with van der Waals surface area (Å²) in [7, 11) is 1.70. The first kappa shape index (κ1) is 14.9. The van der Waals surface area contributed by atoms with Gasteiger partial charge >= 0.3 is 0 Å². The van der Waals surface area contributed by atoms with Gasteiger partial charge in [0.15, 0.2) is 0 Å². The number of benzene rings is 1. The Labute approximate surface area is 112 Å². The van der Waals surface area contributed by atoms with Gasteiger partial charge in [-0.1, -0.05) is 39.0 Å². The molecule has 0 fully saturated rings. The van der Waals surface area contributed by atoms with Crippen molar-refractivity contribution in [3.63, 3.8) is 0 Å². The van der Waals surface area contributed by atoms with Gasteiger partial charge in [0, 0.05) is 11.7 Å². The van der Waals surface area contributed by atoms with Gasteiger partial charge < -0.3 is 10.1 Å². The number of hydrogen-bond donors (Lipinski definition) is 1. The number of nitrogens with one attached hydrogen (secondary N) is 1. The molecule has 1 aromatic carbocycles. The third kappa shape index (κ3) is 5.95. The maximum absolute atomic E-state index is 5.15. The molecule has 0 saturated carbocycles. The first-order valence-corrected chi connectivity index (χ1v) is 7.17. The number of hydrogen-bond acceptors (Lipinski definition) is 2. The van der Waals surface area contributed by atoms with Crippen LogP contribution in [0.25, 0.3) is 0 Å². The highest BCUT2D eigenvalue weighted by Gasteiger charge is 2.02. The highest BCUT2D eigenvalue weighted by atomic mass is 16.5. The fourth-order valence-corrected chi connectivity index (χ4v) is 2.10. The van der Waals surface area contributed by atoms with E-state index in [2.05, 4.69) is 31.3 Å². The van der Waals surface area contributed by atoms with Gasteiger partial charge in [-0.05, 0) is 37.6 Å². The summed E-state index contributed by atoms with van der Waals surface area (Å²) in [5.41, 5.74) is 1.18. The second-order valence-corrected chi connectivity index (χ2v) is 4.98. The van der Waals surface area contributed by atoms with E-state index < -0.39 is 0 Å². The summed E-state index contributed by atoms with van der Waals surface area (Å²) in [5, 5.41) is 3.53. The number of rotatable bonds is 9. The summed E-state index contributed by atoms with van der Waals surface area (Å²) in [6.45, 7) is 4.51. The van der Waals surface area contributed by atoms with Crippen molar-refractivity contribution in [2.24, 2.45) is 0 Å². The Morgan fingerprint density at radius 2 is 1.72 bits per heavy atom. The molecule has 1 unspecified atom stereocenters. The van der Waals surface area contributed by atoms with Crippen molar-refractivity contribution in [1.29, 1.82) is 0 Å². The molecule has 18 heavy (non-hydrogen) atoms. The van der Waals surface area contributed by atoms with Crippen molar-refractivity contribution in [2.45, 2.75) is 58.4 Å². The molecule has 0 bridgehead atoms. The zero-order valence-electron chi connectivity index (χ0n) is 12.0. The molecule has 1 rings (SSSR count). The fourth-order valence-electron chi connectivity index (χ4n) is 2.10. The van der Waals surface area contributed by atoms with E-state index in [-0.39, 0.29) is 0 Å². The molecule has 1 N–H and O–H groups in total. The Morgan fingerprint density at radius 1 is 1.06 bits per heavy atom. The topological polar surface area (TPSA) is 21.3 Å². The molecule has 0 aromatic heterocycles. The van der Waals surface area contributed by atoms with Crippen LogP contribution in [-0.4, -0.2) is 13.2 Å². The lowest BCUT2D eigenvalue weighted by molar-refractivity contribution is 0.415. The van der Waals surface area contributed by atoms with Gasteiger partial charge in [-0.2, -0.15) is 0 Å². The molecule has 2 nitrogen and oxygen atoms in total. The molecule has 0 amide bonds. The van der Waals surface area contributed by atoms with E-state index in [1.54, 1.807) is 7.11 Å². The highest BCUT2D eigenvalue weighted by molar-refractivity contribution is 5.46. The molecule has 0 aliphatic heterocycles. The van der Waals surface area contributed by atoms with Crippen molar-refractivity contribution in [3.05, 3.63) is 24.3 Å². The molecule has 2 heteroatoms. The van der Waals surface area contributed by atoms with Crippen molar-refractivity contribution in [2.75, 3.05) is 12.4 Å². The van der Waals surface area contributed by atoms with Crippen LogP contribution in [0.5, 0.6) is 5.75 Å². The normalized spacial score (nSPS) is 12.2. The van der Waals surface area contributed by atoms with Crippen LogP contribution >= 0.6 is 0 Å². The Bertz CT molecular complexity index is 307. The number of methoxy groups -OCH3 is 1. The lowest BCUT2D eigenvalue weighted by atomic mass is 10.1.